The van der Waals surface area contributed by atoms with Crippen LogP contribution in [0.1, 0.15) is 18.9 Å². The van der Waals surface area contributed by atoms with Gasteiger partial charge in [-0.3, -0.25) is 4.79 Å². The van der Waals surface area contributed by atoms with E-state index in [-0.39, 0.29) is 11.9 Å². The van der Waals surface area contributed by atoms with Gasteiger partial charge in [0.1, 0.15) is 0 Å². The third-order valence-electron chi connectivity index (χ3n) is 3.02. The standard InChI is InChI=1S/C16H25N3O3/c1-4-22-11-5-10-17-16(21)18-14-8-6-13(7-9-14)12-15(20)19(2)3/h6-9H,4-5,10-12H2,1-3H3,(H2,17,18,21). The fraction of sp³-hybridized carbons (Fsp3) is 0.500. The lowest BCUT2D eigenvalue weighted by Crippen LogP contribution is -2.30. The SMILES string of the molecule is CCOCCCNC(=O)Nc1ccc(CC(=O)N(C)C)cc1. The maximum atomic E-state index is 11.7. The summed E-state index contributed by atoms with van der Waals surface area (Å²) in [5, 5.41) is 5.51. The van der Waals surface area contributed by atoms with Crippen LogP contribution < -0.4 is 10.6 Å². The fourth-order valence-electron chi connectivity index (χ4n) is 1.73. The normalized spacial score (nSPS) is 10.1. The van der Waals surface area contributed by atoms with E-state index in [4.69, 9.17) is 4.74 Å². The van der Waals surface area contributed by atoms with Crippen LogP contribution in [-0.2, 0) is 16.0 Å². The van der Waals surface area contributed by atoms with Crippen LogP contribution >= 0.6 is 0 Å². The van der Waals surface area contributed by atoms with E-state index in [0.717, 1.165) is 12.0 Å². The summed E-state index contributed by atoms with van der Waals surface area (Å²) < 4.78 is 5.19. The highest BCUT2D eigenvalue weighted by molar-refractivity contribution is 5.89. The van der Waals surface area contributed by atoms with Crippen molar-refractivity contribution in [3.05, 3.63) is 29.8 Å². The van der Waals surface area contributed by atoms with Crippen molar-refractivity contribution in [1.29, 1.82) is 0 Å². The molecule has 1 aromatic carbocycles. The lowest BCUT2D eigenvalue weighted by molar-refractivity contribution is -0.127. The Hall–Kier alpha value is -2.08. The molecule has 6 nitrogen and oxygen atoms in total. The number of nitrogens with one attached hydrogen (secondary N) is 2. The number of likely N-dealkylation sites (N-methyl/N-ethyl adjacent to an activating group) is 1. The minimum atomic E-state index is -0.242. The predicted molar refractivity (Wildman–Crippen MR) is 87.0 cm³/mol. The molecule has 0 heterocycles. The number of anilines is 1. The van der Waals surface area contributed by atoms with Crippen LogP contribution in [-0.4, -0.2) is 50.7 Å². The van der Waals surface area contributed by atoms with E-state index in [1.165, 1.54) is 0 Å². The molecule has 0 aromatic heterocycles. The summed E-state index contributed by atoms with van der Waals surface area (Å²) in [5.74, 6) is 0.0488. The first-order valence-electron chi connectivity index (χ1n) is 7.44. The van der Waals surface area contributed by atoms with Gasteiger partial charge in [0.2, 0.25) is 5.91 Å². The van der Waals surface area contributed by atoms with Gasteiger partial charge in [-0.05, 0) is 31.0 Å². The number of amides is 3. The van der Waals surface area contributed by atoms with Crippen molar-refractivity contribution in [2.45, 2.75) is 19.8 Å². The lowest BCUT2D eigenvalue weighted by Gasteiger charge is -2.11. The van der Waals surface area contributed by atoms with Gasteiger partial charge < -0.3 is 20.3 Å². The Balaban J connectivity index is 2.34. The van der Waals surface area contributed by atoms with Crippen molar-refractivity contribution in [3.8, 4) is 0 Å². The number of benzene rings is 1. The van der Waals surface area contributed by atoms with Crippen LogP contribution in [0.2, 0.25) is 0 Å². The molecule has 0 aliphatic rings. The Bertz CT molecular complexity index is 472. The van der Waals surface area contributed by atoms with Gasteiger partial charge in [-0.2, -0.15) is 0 Å². The second-order valence-corrected chi connectivity index (χ2v) is 5.09. The van der Waals surface area contributed by atoms with Crippen LogP contribution in [0.25, 0.3) is 0 Å². The van der Waals surface area contributed by atoms with E-state index in [1.807, 2.05) is 19.1 Å². The van der Waals surface area contributed by atoms with Gasteiger partial charge in [0, 0.05) is 39.5 Å². The number of rotatable bonds is 8. The summed E-state index contributed by atoms with van der Waals surface area (Å²) in [6.45, 7) is 3.84. The molecule has 3 amide bonds. The van der Waals surface area contributed by atoms with Crippen LogP contribution in [0.15, 0.2) is 24.3 Å². The smallest absolute Gasteiger partial charge is 0.319 e. The van der Waals surface area contributed by atoms with E-state index in [2.05, 4.69) is 10.6 Å². The Morgan fingerprint density at radius 1 is 1.18 bits per heavy atom. The second-order valence-electron chi connectivity index (χ2n) is 5.09. The molecule has 0 saturated carbocycles. The fourth-order valence-corrected chi connectivity index (χ4v) is 1.73. The first-order chi connectivity index (χ1) is 10.5. The predicted octanol–water partition coefficient (Wildman–Crippen LogP) is 1.87. The largest absolute Gasteiger partial charge is 0.382 e. The zero-order valence-electron chi connectivity index (χ0n) is 13.5. The molecule has 0 atom stereocenters. The average Bonchev–Trinajstić information content (AvgIpc) is 2.49. The lowest BCUT2D eigenvalue weighted by atomic mass is 10.1. The third kappa shape index (κ3) is 7.08. The third-order valence-corrected chi connectivity index (χ3v) is 3.02. The molecule has 6 heteroatoms. The number of hydrogen-bond donors (Lipinski definition) is 2. The Morgan fingerprint density at radius 2 is 1.86 bits per heavy atom. The Kier molecular flexibility index (Phi) is 7.99. The van der Waals surface area contributed by atoms with Gasteiger partial charge in [0.05, 0.1) is 6.42 Å². The summed E-state index contributed by atoms with van der Waals surface area (Å²) in [6, 6.07) is 7.02. The van der Waals surface area contributed by atoms with E-state index >= 15 is 0 Å². The molecule has 0 aliphatic heterocycles. The molecule has 0 spiro atoms. The highest BCUT2D eigenvalue weighted by Gasteiger charge is 2.06. The molecule has 0 aliphatic carbocycles. The summed E-state index contributed by atoms with van der Waals surface area (Å²) in [7, 11) is 3.46. The topological polar surface area (TPSA) is 70.7 Å². The number of carbonyl (C=O) groups excluding carboxylic acids is 2. The van der Waals surface area contributed by atoms with Crippen molar-refractivity contribution in [3.63, 3.8) is 0 Å². The van der Waals surface area contributed by atoms with Gasteiger partial charge in [-0.1, -0.05) is 12.1 Å². The maximum absolute atomic E-state index is 11.7. The highest BCUT2D eigenvalue weighted by atomic mass is 16.5. The summed E-state index contributed by atoms with van der Waals surface area (Å²) >= 11 is 0. The monoisotopic (exact) mass is 307 g/mol. The molecule has 1 rings (SSSR count). The van der Waals surface area contributed by atoms with E-state index < -0.39 is 0 Å². The first kappa shape index (κ1) is 18.0. The second kappa shape index (κ2) is 9.78. The van der Waals surface area contributed by atoms with Crippen LogP contribution in [0.4, 0.5) is 10.5 Å². The van der Waals surface area contributed by atoms with Crippen LogP contribution in [0.3, 0.4) is 0 Å². The highest BCUT2D eigenvalue weighted by Crippen LogP contribution is 2.10. The summed E-state index contributed by atoms with van der Waals surface area (Å²) in [6.07, 6.45) is 1.14. The van der Waals surface area contributed by atoms with Crippen molar-refractivity contribution in [2.75, 3.05) is 39.2 Å². The Morgan fingerprint density at radius 3 is 2.45 bits per heavy atom. The minimum Gasteiger partial charge on any atom is -0.382 e. The number of hydrogen-bond acceptors (Lipinski definition) is 3. The molecule has 22 heavy (non-hydrogen) atoms. The Labute approximate surface area is 131 Å². The molecule has 0 unspecified atom stereocenters. The van der Waals surface area contributed by atoms with Gasteiger partial charge in [0.25, 0.3) is 0 Å². The number of urea groups is 1. The quantitative estimate of drug-likeness (QED) is 0.720. The molecule has 0 bridgehead atoms. The molecule has 1 aromatic rings. The van der Waals surface area contributed by atoms with Crippen molar-refractivity contribution in [1.82, 2.24) is 10.2 Å². The van der Waals surface area contributed by atoms with E-state index in [1.54, 1.807) is 31.1 Å². The van der Waals surface area contributed by atoms with Gasteiger partial charge in [-0.25, -0.2) is 4.79 Å². The number of carbonyl (C=O) groups is 2. The maximum Gasteiger partial charge on any atom is 0.319 e. The van der Waals surface area contributed by atoms with Gasteiger partial charge in [-0.15, -0.1) is 0 Å². The summed E-state index contributed by atoms with van der Waals surface area (Å²) in [4.78, 5) is 24.8. The van der Waals surface area contributed by atoms with E-state index in [0.29, 0.717) is 31.9 Å². The molecular formula is C16H25N3O3. The molecule has 122 valence electrons. The average molecular weight is 307 g/mol. The zero-order valence-corrected chi connectivity index (χ0v) is 13.5. The number of ether oxygens (including phenoxy) is 1. The first-order valence-corrected chi connectivity index (χ1v) is 7.44. The minimum absolute atomic E-state index is 0.0488. The molecular weight excluding hydrogens is 282 g/mol. The molecule has 0 radical (unpaired) electrons. The van der Waals surface area contributed by atoms with Crippen molar-refractivity contribution < 1.29 is 14.3 Å². The summed E-state index contributed by atoms with van der Waals surface area (Å²) in [5.41, 5.74) is 1.62. The zero-order chi connectivity index (χ0) is 16.4. The van der Waals surface area contributed by atoms with Gasteiger partial charge in [0.15, 0.2) is 0 Å². The van der Waals surface area contributed by atoms with Crippen LogP contribution in [0.5, 0.6) is 0 Å². The number of nitrogens with zero attached hydrogens (tertiary/aromatic N) is 1. The van der Waals surface area contributed by atoms with Crippen molar-refractivity contribution in [2.24, 2.45) is 0 Å². The molecule has 2 N–H and O–H groups in total. The molecule has 0 fully saturated rings. The van der Waals surface area contributed by atoms with Crippen molar-refractivity contribution >= 4 is 17.6 Å². The molecule has 0 saturated heterocycles. The van der Waals surface area contributed by atoms with Gasteiger partial charge >= 0.3 is 6.03 Å². The van der Waals surface area contributed by atoms with Crippen LogP contribution in [0, 0.1) is 0 Å². The van der Waals surface area contributed by atoms with E-state index in [9.17, 15) is 9.59 Å².